The fraction of sp³-hybridized carbons (Fsp3) is 0.500. The van der Waals surface area contributed by atoms with Crippen LogP contribution in [0.4, 0.5) is 10.5 Å². The van der Waals surface area contributed by atoms with Gasteiger partial charge in [-0.3, -0.25) is 9.89 Å². The van der Waals surface area contributed by atoms with E-state index in [4.69, 9.17) is 0 Å². The molecule has 3 heterocycles. The molecule has 0 atom stereocenters. The lowest BCUT2D eigenvalue weighted by Crippen LogP contribution is -2.39. The molecule has 0 aromatic carbocycles. The van der Waals surface area contributed by atoms with Crippen LogP contribution in [0.25, 0.3) is 10.7 Å². The zero-order chi connectivity index (χ0) is 17.2. The Bertz CT molecular complexity index is 755. The summed E-state index contributed by atoms with van der Waals surface area (Å²) in [5.74, 6) is 0.482. The molecule has 3 amide bonds. The summed E-state index contributed by atoms with van der Waals surface area (Å²) < 4.78 is 0. The van der Waals surface area contributed by atoms with Crippen LogP contribution in [0, 0.1) is 5.92 Å². The molecule has 0 radical (unpaired) electrons. The van der Waals surface area contributed by atoms with Crippen molar-refractivity contribution in [3.8, 4) is 10.7 Å². The van der Waals surface area contributed by atoms with Crippen molar-refractivity contribution in [2.45, 2.75) is 19.3 Å². The summed E-state index contributed by atoms with van der Waals surface area (Å²) in [5, 5.41) is 12.5. The van der Waals surface area contributed by atoms with Crippen molar-refractivity contribution in [2.75, 3.05) is 31.5 Å². The minimum absolute atomic E-state index is 0.167. The van der Waals surface area contributed by atoms with Crippen LogP contribution in [0.5, 0.6) is 0 Å². The average molecular weight is 360 g/mol. The van der Waals surface area contributed by atoms with E-state index in [0.29, 0.717) is 31.0 Å². The number of aromatic nitrogens is 3. The van der Waals surface area contributed by atoms with Gasteiger partial charge in [-0.2, -0.15) is 5.10 Å². The molecule has 2 fully saturated rings. The lowest BCUT2D eigenvalue weighted by atomic mass is 10.3. The van der Waals surface area contributed by atoms with Crippen molar-refractivity contribution in [2.24, 2.45) is 5.92 Å². The predicted octanol–water partition coefficient (Wildman–Crippen LogP) is 2.01. The minimum atomic E-state index is -0.167. The van der Waals surface area contributed by atoms with Gasteiger partial charge in [0, 0.05) is 43.7 Å². The Balaban J connectivity index is 1.38. The maximum absolute atomic E-state index is 12.6. The van der Waals surface area contributed by atoms with Gasteiger partial charge >= 0.3 is 6.03 Å². The largest absolute Gasteiger partial charge is 0.341 e. The third kappa shape index (κ3) is 3.51. The van der Waals surface area contributed by atoms with Gasteiger partial charge in [-0.15, -0.1) is 11.3 Å². The highest BCUT2D eigenvalue weighted by molar-refractivity contribution is 7.13. The van der Waals surface area contributed by atoms with Crippen molar-refractivity contribution >= 4 is 29.0 Å². The molecule has 1 aliphatic carbocycles. The standard InChI is InChI=1S/C16H20N6O2S/c23-15(11-2-3-11)21-5-1-6-22(8-7-21)16(24)19-12-10-18-20-13(12)14-17-4-9-25-14/h4,9-11H,1-3,5-8H2,(H,18,20)(H,19,24). The van der Waals surface area contributed by atoms with E-state index in [9.17, 15) is 9.59 Å². The van der Waals surface area contributed by atoms with E-state index in [1.165, 1.54) is 11.3 Å². The van der Waals surface area contributed by atoms with Crippen LogP contribution >= 0.6 is 11.3 Å². The van der Waals surface area contributed by atoms with Crippen LogP contribution in [0.3, 0.4) is 0 Å². The smallest absolute Gasteiger partial charge is 0.322 e. The summed E-state index contributed by atoms with van der Waals surface area (Å²) >= 11 is 1.48. The quantitative estimate of drug-likeness (QED) is 0.875. The second kappa shape index (κ2) is 6.83. The first-order valence-electron chi connectivity index (χ1n) is 8.50. The molecule has 2 aromatic rings. The Kier molecular flexibility index (Phi) is 4.39. The number of urea groups is 1. The molecule has 2 aliphatic rings. The molecule has 0 unspecified atom stereocenters. The first kappa shape index (κ1) is 16.1. The van der Waals surface area contributed by atoms with E-state index >= 15 is 0 Å². The van der Waals surface area contributed by atoms with Crippen LogP contribution in [0.2, 0.25) is 0 Å². The maximum Gasteiger partial charge on any atom is 0.322 e. The number of rotatable bonds is 3. The average Bonchev–Trinajstić information content (AvgIpc) is 3.23. The van der Waals surface area contributed by atoms with Gasteiger partial charge in [-0.25, -0.2) is 9.78 Å². The Hall–Kier alpha value is -2.42. The number of carbonyl (C=O) groups is 2. The normalized spacial score (nSPS) is 18.1. The lowest BCUT2D eigenvalue weighted by Gasteiger charge is -2.22. The Labute approximate surface area is 149 Å². The van der Waals surface area contributed by atoms with Gasteiger partial charge in [0.2, 0.25) is 5.91 Å². The van der Waals surface area contributed by atoms with Gasteiger partial charge in [-0.1, -0.05) is 0 Å². The molecule has 132 valence electrons. The fourth-order valence-electron chi connectivity index (χ4n) is 3.01. The molecule has 1 saturated carbocycles. The summed E-state index contributed by atoms with van der Waals surface area (Å²) in [6.45, 7) is 2.53. The van der Waals surface area contributed by atoms with Crippen LogP contribution in [-0.4, -0.2) is 63.1 Å². The Morgan fingerprint density at radius 2 is 2.00 bits per heavy atom. The number of anilines is 1. The van der Waals surface area contributed by atoms with Crippen molar-refractivity contribution in [1.29, 1.82) is 0 Å². The summed E-state index contributed by atoms with van der Waals surface area (Å²) in [7, 11) is 0. The Morgan fingerprint density at radius 3 is 2.76 bits per heavy atom. The molecule has 4 rings (SSSR count). The molecule has 1 aliphatic heterocycles. The highest BCUT2D eigenvalue weighted by atomic mass is 32.1. The highest BCUT2D eigenvalue weighted by Gasteiger charge is 2.34. The van der Waals surface area contributed by atoms with E-state index in [1.807, 2.05) is 10.3 Å². The molecular formula is C16H20N6O2S. The molecular weight excluding hydrogens is 340 g/mol. The van der Waals surface area contributed by atoms with Gasteiger partial charge in [0.25, 0.3) is 0 Å². The SMILES string of the molecule is O=C(Nc1cn[nH]c1-c1nccs1)N1CCCN(C(=O)C2CC2)CC1. The zero-order valence-corrected chi connectivity index (χ0v) is 14.6. The minimum Gasteiger partial charge on any atom is -0.341 e. The van der Waals surface area contributed by atoms with E-state index in [1.54, 1.807) is 17.3 Å². The Morgan fingerprint density at radius 1 is 1.20 bits per heavy atom. The fourth-order valence-corrected chi connectivity index (χ4v) is 3.66. The summed E-state index contributed by atoms with van der Waals surface area (Å²) in [6.07, 6.45) is 6.14. The number of hydrogen-bond acceptors (Lipinski definition) is 5. The molecule has 25 heavy (non-hydrogen) atoms. The molecule has 8 nitrogen and oxygen atoms in total. The number of H-pyrrole nitrogens is 1. The molecule has 0 spiro atoms. The lowest BCUT2D eigenvalue weighted by molar-refractivity contribution is -0.132. The van der Waals surface area contributed by atoms with Gasteiger partial charge in [0.05, 0.1) is 11.9 Å². The second-order valence-corrected chi connectivity index (χ2v) is 7.26. The number of hydrogen-bond donors (Lipinski definition) is 2. The van der Waals surface area contributed by atoms with Gasteiger partial charge in [-0.05, 0) is 19.3 Å². The second-order valence-electron chi connectivity index (χ2n) is 6.37. The van der Waals surface area contributed by atoms with Crippen LogP contribution in [-0.2, 0) is 4.79 Å². The van der Waals surface area contributed by atoms with Crippen LogP contribution in [0.1, 0.15) is 19.3 Å². The van der Waals surface area contributed by atoms with Gasteiger partial charge in [0.1, 0.15) is 10.7 Å². The number of nitrogens with one attached hydrogen (secondary N) is 2. The van der Waals surface area contributed by atoms with Gasteiger partial charge in [0.15, 0.2) is 0 Å². The van der Waals surface area contributed by atoms with Gasteiger partial charge < -0.3 is 15.1 Å². The molecule has 2 N–H and O–H groups in total. The highest BCUT2D eigenvalue weighted by Crippen LogP contribution is 2.31. The maximum atomic E-state index is 12.6. The van der Waals surface area contributed by atoms with Crippen molar-refractivity contribution in [3.63, 3.8) is 0 Å². The van der Waals surface area contributed by atoms with Crippen LogP contribution in [0.15, 0.2) is 17.8 Å². The number of thiazole rings is 1. The molecule has 2 aromatic heterocycles. The first-order valence-corrected chi connectivity index (χ1v) is 9.38. The number of nitrogens with zero attached hydrogens (tertiary/aromatic N) is 4. The van der Waals surface area contributed by atoms with Crippen LogP contribution < -0.4 is 5.32 Å². The first-order chi connectivity index (χ1) is 12.2. The van der Waals surface area contributed by atoms with E-state index in [-0.39, 0.29) is 17.9 Å². The van der Waals surface area contributed by atoms with Crippen molar-refractivity contribution in [1.82, 2.24) is 25.0 Å². The molecule has 9 heteroatoms. The number of aromatic amines is 1. The van der Waals surface area contributed by atoms with E-state index in [0.717, 1.165) is 30.8 Å². The number of carbonyl (C=O) groups excluding carboxylic acids is 2. The summed E-state index contributed by atoms with van der Waals surface area (Å²) in [5.41, 5.74) is 1.33. The van der Waals surface area contributed by atoms with E-state index < -0.39 is 0 Å². The third-order valence-electron chi connectivity index (χ3n) is 4.55. The topological polar surface area (TPSA) is 94.2 Å². The molecule has 1 saturated heterocycles. The number of amides is 3. The predicted molar refractivity (Wildman–Crippen MR) is 94.2 cm³/mol. The monoisotopic (exact) mass is 360 g/mol. The summed E-state index contributed by atoms with van der Waals surface area (Å²) in [6, 6.07) is -0.167. The molecule has 0 bridgehead atoms. The van der Waals surface area contributed by atoms with Crippen molar-refractivity contribution < 1.29 is 9.59 Å². The van der Waals surface area contributed by atoms with E-state index in [2.05, 4.69) is 20.5 Å². The third-order valence-corrected chi connectivity index (χ3v) is 5.34. The summed E-state index contributed by atoms with van der Waals surface area (Å²) in [4.78, 5) is 32.7. The van der Waals surface area contributed by atoms with Crippen molar-refractivity contribution in [3.05, 3.63) is 17.8 Å². The zero-order valence-electron chi connectivity index (χ0n) is 13.8.